The van der Waals surface area contributed by atoms with Crippen molar-refractivity contribution in [3.8, 4) is 0 Å². The first kappa shape index (κ1) is 12.6. The van der Waals surface area contributed by atoms with Crippen molar-refractivity contribution in [1.29, 1.82) is 0 Å². The molecule has 0 radical (unpaired) electrons. The van der Waals surface area contributed by atoms with E-state index in [2.05, 4.69) is 11.9 Å². The third kappa shape index (κ3) is 3.62. The number of carbonyl (C=O) groups is 1. The van der Waals surface area contributed by atoms with Crippen molar-refractivity contribution in [3.05, 3.63) is 29.6 Å². The topological polar surface area (TPSA) is 65.2 Å². The molecule has 0 aliphatic carbocycles. The number of hydrogen-bond donors (Lipinski definition) is 1. The number of hydrogen-bond acceptors (Lipinski definition) is 4. The van der Waals surface area contributed by atoms with Gasteiger partial charge in [0, 0.05) is 18.3 Å². The number of pyridine rings is 1. The Morgan fingerprint density at radius 3 is 2.75 bits per heavy atom. The third-order valence-electron chi connectivity index (χ3n) is 2.31. The zero-order valence-electron chi connectivity index (χ0n) is 9.77. The number of carbonyl (C=O) groups excluding carboxylic acids is 1. The molecular weight excluding hydrogens is 204 g/mol. The van der Waals surface area contributed by atoms with Crippen molar-refractivity contribution in [2.24, 2.45) is 5.73 Å². The van der Waals surface area contributed by atoms with Gasteiger partial charge in [-0.05, 0) is 25.0 Å². The second-order valence-corrected chi connectivity index (χ2v) is 3.57. The Morgan fingerprint density at radius 2 is 2.25 bits per heavy atom. The van der Waals surface area contributed by atoms with Crippen LogP contribution in [0.25, 0.3) is 0 Å². The maximum atomic E-state index is 11.3. The van der Waals surface area contributed by atoms with Gasteiger partial charge < -0.3 is 10.5 Å². The van der Waals surface area contributed by atoms with E-state index in [0.717, 1.165) is 12.1 Å². The highest BCUT2D eigenvalue weighted by atomic mass is 16.5. The van der Waals surface area contributed by atoms with Gasteiger partial charge in [-0.1, -0.05) is 13.0 Å². The highest BCUT2D eigenvalue weighted by Crippen LogP contribution is 2.03. The first-order valence-corrected chi connectivity index (χ1v) is 5.53. The molecule has 0 amide bonds. The van der Waals surface area contributed by atoms with E-state index in [9.17, 15) is 4.79 Å². The summed E-state index contributed by atoms with van der Waals surface area (Å²) in [5.74, 6) is -0.371. The molecule has 1 atom stereocenters. The predicted molar refractivity (Wildman–Crippen MR) is 61.9 cm³/mol. The van der Waals surface area contributed by atoms with Crippen LogP contribution in [0.4, 0.5) is 0 Å². The van der Waals surface area contributed by atoms with Crippen LogP contribution < -0.4 is 5.73 Å². The number of aromatic nitrogens is 1. The van der Waals surface area contributed by atoms with Crippen LogP contribution in [0.3, 0.4) is 0 Å². The van der Waals surface area contributed by atoms with Crippen molar-refractivity contribution in [3.63, 3.8) is 0 Å². The smallest absolute Gasteiger partial charge is 0.323 e. The van der Waals surface area contributed by atoms with Gasteiger partial charge in [-0.15, -0.1) is 0 Å². The van der Waals surface area contributed by atoms with Crippen LogP contribution >= 0.6 is 0 Å². The van der Waals surface area contributed by atoms with Gasteiger partial charge in [0.15, 0.2) is 0 Å². The van der Waals surface area contributed by atoms with Gasteiger partial charge in [-0.2, -0.15) is 0 Å². The monoisotopic (exact) mass is 222 g/mol. The number of ether oxygens (including phenoxy) is 1. The second kappa shape index (κ2) is 6.23. The van der Waals surface area contributed by atoms with Gasteiger partial charge in [-0.3, -0.25) is 9.78 Å². The number of rotatable bonds is 5. The molecule has 1 rings (SSSR count). The van der Waals surface area contributed by atoms with Crippen molar-refractivity contribution in [2.45, 2.75) is 32.7 Å². The van der Waals surface area contributed by atoms with E-state index in [-0.39, 0.29) is 5.97 Å². The number of nitrogens with two attached hydrogens (primary N) is 1. The fourth-order valence-corrected chi connectivity index (χ4v) is 1.34. The van der Waals surface area contributed by atoms with Crippen LogP contribution in [-0.4, -0.2) is 23.6 Å². The summed E-state index contributed by atoms with van der Waals surface area (Å²) in [5, 5.41) is 0. The standard InChI is InChI=1S/C12H18N2O2/c1-3-9-5-6-10(14-8-9)7-11(13)12(15)16-4-2/h5-6,8,11H,3-4,7,13H2,1-2H3. The molecule has 16 heavy (non-hydrogen) atoms. The maximum absolute atomic E-state index is 11.3. The fraction of sp³-hybridized carbons (Fsp3) is 0.500. The summed E-state index contributed by atoms with van der Waals surface area (Å²) >= 11 is 0. The molecule has 0 spiro atoms. The average molecular weight is 222 g/mol. The van der Waals surface area contributed by atoms with Crippen LogP contribution in [0.15, 0.2) is 18.3 Å². The van der Waals surface area contributed by atoms with Crippen molar-refractivity contribution in [2.75, 3.05) is 6.61 Å². The van der Waals surface area contributed by atoms with E-state index in [1.165, 1.54) is 5.56 Å². The minimum Gasteiger partial charge on any atom is -0.465 e. The Hall–Kier alpha value is -1.42. The summed E-state index contributed by atoms with van der Waals surface area (Å²) in [5.41, 5.74) is 7.68. The molecule has 0 bridgehead atoms. The maximum Gasteiger partial charge on any atom is 0.323 e. The summed E-state index contributed by atoms with van der Waals surface area (Å²) in [7, 11) is 0. The van der Waals surface area contributed by atoms with Gasteiger partial charge >= 0.3 is 5.97 Å². The molecule has 2 N–H and O–H groups in total. The van der Waals surface area contributed by atoms with Crippen LogP contribution in [0.2, 0.25) is 0 Å². The highest BCUT2D eigenvalue weighted by molar-refractivity contribution is 5.75. The molecule has 4 nitrogen and oxygen atoms in total. The Morgan fingerprint density at radius 1 is 1.50 bits per heavy atom. The van der Waals surface area contributed by atoms with Crippen molar-refractivity contribution < 1.29 is 9.53 Å². The van der Waals surface area contributed by atoms with Gasteiger partial charge in [0.05, 0.1) is 6.61 Å². The molecular formula is C12H18N2O2. The molecule has 0 aliphatic heterocycles. The SMILES string of the molecule is CCOC(=O)C(N)Cc1ccc(CC)cn1. The Balaban J connectivity index is 2.55. The van der Waals surface area contributed by atoms with Crippen LogP contribution in [0.1, 0.15) is 25.1 Å². The molecule has 0 fully saturated rings. The zero-order valence-corrected chi connectivity index (χ0v) is 9.77. The fourth-order valence-electron chi connectivity index (χ4n) is 1.34. The molecule has 4 heteroatoms. The molecule has 88 valence electrons. The van der Waals surface area contributed by atoms with Crippen LogP contribution in [0, 0.1) is 0 Å². The molecule has 1 unspecified atom stereocenters. The molecule has 1 heterocycles. The molecule has 0 aromatic carbocycles. The van der Waals surface area contributed by atoms with E-state index in [1.807, 2.05) is 18.3 Å². The summed E-state index contributed by atoms with van der Waals surface area (Å²) in [6, 6.07) is 3.28. The predicted octanol–water partition coefficient (Wildman–Crippen LogP) is 1.08. The Bertz CT molecular complexity index is 335. The summed E-state index contributed by atoms with van der Waals surface area (Å²) in [4.78, 5) is 15.5. The normalized spacial score (nSPS) is 12.2. The average Bonchev–Trinajstić information content (AvgIpc) is 2.30. The molecule has 0 saturated heterocycles. The zero-order chi connectivity index (χ0) is 12.0. The minimum atomic E-state index is -0.625. The van der Waals surface area contributed by atoms with E-state index in [0.29, 0.717) is 13.0 Å². The van der Waals surface area contributed by atoms with E-state index >= 15 is 0 Å². The number of nitrogens with zero attached hydrogens (tertiary/aromatic N) is 1. The van der Waals surface area contributed by atoms with Gasteiger partial charge in [0.25, 0.3) is 0 Å². The van der Waals surface area contributed by atoms with Gasteiger partial charge in [0.1, 0.15) is 6.04 Å². The lowest BCUT2D eigenvalue weighted by molar-refractivity contribution is -0.144. The van der Waals surface area contributed by atoms with E-state index < -0.39 is 6.04 Å². The highest BCUT2D eigenvalue weighted by Gasteiger charge is 2.15. The Kier molecular flexibility index (Phi) is 4.92. The molecule has 1 aromatic rings. The van der Waals surface area contributed by atoms with Crippen molar-refractivity contribution >= 4 is 5.97 Å². The first-order chi connectivity index (χ1) is 7.67. The molecule has 0 saturated carbocycles. The van der Waals surface area contributed by atoms with Crippen LogP contribution in [0.5, 0.6) is 0 Å². The largest absolute Gasteiger partial charge is 0.465 e. The third-order valence-corrected chi connectivity index (χ3v) is 2.31. The first-order valence-electron chi connectivity index (χ1n) is 5.53. The minimum absolute atomic E-state index is 0.356. The van der Waals surface area contributed by atoms with Gasteiger partial charge in [-0.25, -0.2) is 0 Å². The summed E-state index contributed by atoms with van der Waals surface area (Å²) < 4.78 is 4.83. The summed E-state index contributed by atoms with van der Waals surface area (Å²) in [6.07, 6.45) is 3.19. The molecule has 0 aliphatic rings. The number of esters is 1. The van der Waals surface area contributed by atoms with E-state index in [1.54, 1.807) is 6.92 Å². The lowest BCUT2D eigenvalue weighted by atomic mass is 10.1. The van der Waals surface area contributed by atoms with E-state index in [4.69, 9.17) is 10.5 Å². The summed E-state index contributed by atoms with van der Waals surface area (Å²) in [6.45, 7) is 4.19. The van der Waals surface area contributed by atoms with Crippen molar-refractivity contribution in [1.82, 2.24) is 4.98 Å². The lowest BCUT2D eigenvalue weighted by Gasteiger charge is -2.09. The van der Waals surface area contributed by atoms with Gasteiger partial charge in [0.2, 0.25) is 0 Å². The second-order valence-electron chi connectivity index (χ2n) is 3.57. The molecule has 1 aromatic heterocycles. The lowest BCUT2D eigenvalue weighted by Crippen LogP contribution is -2.34. The number of aryl methyl sites for hydroxylation is 1. The van der Waals surface area contributed by atoms with Crippen LogP contribution in [-0.2, 0) is 22.4 Å². The quantitative estimate of drug-likeness (QED) is 0.757. The Labute approximate surface area is 95.8 Å².